The van der Waals surface area contributed by atoms with Crippen molar-refractivity contribution in [3.8, 4) is 0 Å². The van der Waals surface area contributed by atoms with Gasteiger partial charge in [-0.25, -0.2) is 0 Å². The number of aromatic nitrogens is 1. The lowest BCUT2D eigenvalue weighted by molar-refractivity contribution is 0.404. The number of hydrogen-bond acceptors (Lipinski definition) is 2. The molecular formula is C12H20N2. The number of rotatable bonds is 4. The first-order valence-electron chi connectivity index (χ1n) is 5.36. The van der Waals surface area contributed by atoms with E-state index in [0.717, 1.165) is 12.8 Å². The van der Waals surface area contributed by atoms with Crippen LogP contribution in [0.25, 0.3) is 0 Å². The van der Waals surface area contributed by atoms with E-state index in [1.807, 2.05) is 12.4 Å². The van der Waals surface area contributed by atoms with Crippen LogP contribution in [0.2, 0.25) is 0 Å². The Labute approximate surface area is 86.5 Å². The SMILES string of the molecule is CCC(CC)C(N)c1cncc(C)c1. The Morgan fingerprint density at radius 1 is 1.29 bits per heavy atom. The van der Waals surface area contributed by atoms with E-state index in [4.69, 9.17) is 5.73 Å². The smallest absolute Gasteiger partial charge is 0.0338 e. The van der Waals surface area contributed by atoms with Crippen LogP contribution >= 0.6 is 0 Å². The van der Waals surface area contributed by atoms with Crippen molar-refractivity contribution in [2.24, 2.45) is 11.7 Å². The molecule has 78 valence electrons. The van der Waals surface area contributed by atoms with E-state index in [9.17, 15) is 0 Å². The highest BCUT2D eigenvalue weighted by atomic mass is 14.7. The molecule has 0 amide bonds. The molecule has 1 unspecified atom stereocenters. The van der Waals surface area contributed by atoms with Crippen molar-refractivity contribution >= 4 is 0 Å². The van der Waals surface area contributed by atoms with Gasteiger partial charge in [0.05, 0.1) is 0 Å². The molecule has 2 nitrogen and oxygen atoms in total. The highest BCUT2D eigenvalue weighted by Gasteiger charge is 2.15. The van der Waals surface area contributed by atoms with Crippen molar-refractivity contribution in [1.82, 2.24) is 4.98 Å². The number of pyridine rings is 1. The lowest BCUT2D eigenvalue weighted by atomic mass is 9.90. The largest absolute Gasteiger partial charge is 0.324 e. The summed E-state index contributed by atoms with van der Waals surface area (Å²) in [6.07, 6.45) is 6.01. The summed E-state index contributed by atoms with van der Waals surface area (Å²) < 4.78 is 0. The van der Waals surface area contributed by atoms with E-state index in [2.05, 4.69) is 31.8 Å². The van der Waals surface area contributed by atoms with E-state index < -0.39 is 0 Å². The van der Waals surface area contributed by atoms with Crippen molar-refractivity contribution in [2.45, 2.75) is 39.7 Å². The number of aryl methyl sites for hydroxylation is 1. The molecule has 0 spiro atoms. The molecule has 1 rings (SSSR count). The van der Waals surface area contributed by atoms with Crippen LogP contribution in [0.3, 0.4) is 0 Å². The van der Waals surface area contributed by atoms with Gasteiger partial charge in [-0.05, 0) is 24.0 Å². The standard InChI is InChI=1S/C12H20N2/c1-4-10(5-2)12(13)11-6-9(3)7-14-8-11/h6-8,10,12H,4-5,13H2,1-3H3. The average Bonchev–Trinajstić information content (AvgIpc) is 2.19. The van der Waals surface area contributed by atoms with Crippen molar-refractivity contribution in [3.63, 3.8) is 0 Å². The number of nitrogens with zero attached hydrogens (tertiary/aromatic N) is 1. The molecule has 0 saturated carbocycles. The van der Waals surface area contributed by atoms with Gasteiger partial charge in [-0.3, -0.25) is 4.98 Å². The molecule has 2 N–H and O–H groups in total. The van der Waals surface area contributed by atoms with Crippen LogP contribution in [0.1, 0.15) is 43.9 Å². The molecule has 0 aliphatic heterocycles. The Morgan fingerprint density at radius 2 is 1.93 bits per heavy atom. The first-order valence-corrected chi connectivity index (χ1v) is 5.36. The second-order valence-electron chi connectivity index (χ2n) is 3.90. The molecule has 0 radical (unpaired) electrons. The Morgan fingerprint density at radius 3 is 2.43 bits per heavy atom. The third-order valence-electron chi connectivity index (χ3n) is 2.84. The predicted octanol–water partition coefficient (Wildman–Crippen LogP) is 2.83. The first kappa shape index (κ1) is 11.2. The van der Waals surface area contributed by atoms with Crippen LogP contribution < -0.4 is 5.73 Å². The van der Waals surface area contributed by atoms with Gasteiger partial charge in [0.15, 0.2) is 0 Å². The molecule has 1 aromatic heterocycles. The lowest BCUT2D eigenvalue weighted by Crippen LogP contribution is -2.20. The second kappa shape index (κ2) is 5.11. The molecular weight excluding hydrogens is 172 g/mol. The molecule has 0 fully saturated rings. The fourth-order valence-electron chi connectivity index (χ4n) is 1.83. The molecule has 14 heavy (non-hydrogen) atoms. The van der Waals surface area contributed by atoms with Gasteiger partial charge in [0.2, 0.25) is 0 Å². The quantitative estimate of drug-likeness (QED) is 0.796. The maximum Gasteiger partial charge on any atom is 0.0338 e. The molecule has 0 bridgehead atoms. The minimum absolute atomic E-state index is 0.136. The van der Waals surface area contributed by atoms with Crippen LogP contribution in [0.15, 0.2) is 18.5 Å². The summed E-state index contributed by atoms with van der Waals surface area (Å²) in [5, 5.41) is 0. The van der Waals surface area contributed by atoms with Gasteiger partial charge in [0, 0.05) is 18.4 Å². The van der Waals surface area contributed by atoms with Crippen LogP contribution in [0.4, 0.5) is 0 Å². The monoisotopic (exact) mass is 192 g/mol. The van der Waals surface area contributed by atoms with Gasteiger partial charge < -0.3 is 5.73 Å². The van der Waals surface area contributed by atoms with Gasteiger partial charge in [0.25, 0.3) is 0 Å². The summed E-state index contributed by atoms with van der Waals surface area (Å²) in [5.74, 6) is 0.568. The van der Waals surface area contributed by atoms with Gasteiger partial charge >= 0.3 is 0 Å². The third-order valence-corrected chi connectivity index (χ3v) is 2.84. The Kier molecular flexibility index (Phi) is 4.08. The highest BCUT2D eigenvalue weighted by molar-refractivity contribution is 5.20. The van der Waals surface area contributed by atoms with Crippen LogP contribution in [-0.2, 0) is 0 Å². The Hall–Kier alpha value is -0.890. The fourth-order valence-corrected chi connectivity index (χ4v) is 1.83. The second-order valence-corrected chi connectivity index (χ2v) is 3.90. The van der Waals surface area contributed by atoms with Crippen LogP contribution in [-0.4, -0.2) is 4.98 Å². The van der Waals surface area contributed by atoms with Gasteiger partial charge in [-0.1, -0.05) is 32.8 Å². The predicted molar refractivity (Wildman–Crippen MR) is 60.0 cm³/mol. The fraction of sp³-hybridized carbons (Fsp3) is 0.583. The zero-order valence-corrected chi connectivity index (χ0v) is 9.33. The van der Waals surface area contributed by atoms with Crippen LogP contribution in [0.5, 0.6) is 0 Å². The molecule has 0 aromatic carbocycles. The van der Waals surface area contributed by atoms with E-state index in [1.165, 1.54) is 11.1 Å². The summed E-state index contributed by atoms with van der Waals surface area (Å²) in [4.78, 5) is 4.18. The van der Waals surface area contributed by atoms with Crippen molar-refractivity contribution < 1.29 is 0 Å². The van der Waals surface area contributed by atoms with Gasteiger partial charge in [0.1, 0.15) is 0 Å². The normalized spacial score (nSPS) is 13.2. The minimum Gasteiger partial charge on any atom is -0.324 e. The lowest BCUT2D eigenvalue weighted by Gasteiger charge is -2.21. The summed E-state index contributed by atoms with van der Waals surface area (Å²) in [5.41, 5.74) is 8.54. The summed E-state index contributed by atoms with van der Waals surface area (Å²) in [6, 6.07) is 2.27. The summed E-state index contributed by atoms with van der Waals surface area (Å²) in [6.45, 7) is 6.44. The molecule has 0 aliphatic carbocycles. The van der Waals surface area contributed by atoms with Crippen molar-refractivity contribution in [2.75, 3.05) is 0 Å². The Bertz CT molecular complexity index is 279. The molecule has 0 aliphatic rings. The van der Waals surface area contributed by atoms with Gasteiger partial charge in [-0.2, -0.15) is 0 Å². The van der Waals surface area contributed by atoms with Crippen LogP contribution in [0, 0.1) is 12.8 Å². The third kappa shape index (κ3) is 2.55. The van der Waals surface area contributed by atoms with E-state index >= 15 is 0 Å². The molecule has 1 heterocycles. The van der Waals surface area contributed by atoms with E-state index in [-0.39, 0.29) is 6.04 Å². The zero-order chi connectivity index (χ0) is 10.6. The maximum absolute atomic E-state index is 6.19. The van der Waals surface area contributed by atoms with E-state index in [0.29, 0.717) is 5.92 Å². The zero-order valence-electron chi connectivity index (χ0n) is 9.33. The van der Waals surface area contributed by atoms with Gasteiger partial charge in [-0.15, -0.1) is 0 Å². The number of nitrogens with two attached hydrogens (primary N) is 1. The maximum atomic E-state index is 6.19. The topological polar surface area (TPSA) is 38.9 Å². The first-order chi connectivity index (χ1) is 6.69. The van der Waals surface area contributed by atoms with Crippen molar-refractivity contribution in [1.29, 1.82) is 0 Å². The molecule has 1 aromatic rings. The highest BCUT2D eigenvalue weighted by Crippen LogP contribution is 2.24. The molecule has 1 atom stereocenters. The number of hydrogen-bond donors (Lipinski definition) is 1. The molecule has 0 saturated heterocycles. The summed E-state index contributed by atoms with van der Waals surface area (Å²) >= 11 is 0. The molecule has 2 heteroatoms. The Balaban J connectivity index is 2.82. The summed E-state index contributed by atoms with van der Waals surface area (Å²) in [7, 11) is 0. The van der Waals surface area contributed by atoms with E-state index in [1.54, 1.807) is 0 Å². The minimum atomic E-state index is 0.136. The van der Waals surface area contributed by atoms with Crippen molar-refractivity contribution in [3.05, 3.63) is 29.6 Å². The average molecular weight is 192 g/mol.